The smallest absolute Gasteiger partial charge is 0.0672 e. The fourth-order valence-electron chi connectivity index (χ4n) is 3.36. The minimum Gasteiger partial charge on any atom is -0.297 e. The Morgan fingerprint density at radius 1 is 1.12 bits per heavy atom. The highest BCUT2D eigenvalue weighted by Crippen LogP contribution is 2.47. The second-order valence-corrected chi connectivity index (χ2v) is 5.05. The molecule has 0 unspecified atom stereocenters. The second kappa shape index (κ2) is 2.99. The van der Waals surface area contributed by atoms with Gasteiger partial charge in [-0.3, -0.25) is 5.32 Å². The molecule has 0 amide bonds. The quantitative estimate of drug-likeness (QED) is 0.723. The zero-order valence-electron chi connectivity index (χ0n) is 10.6. The topological polar surface area (TPSA) is 12.0 Å². The van der Waals surface area contributed by atoms with Crippen LogP contribution >= 0.6 is 0 Å². The van der Waals surface area contributed by atoms with Gasteiger partial charge >= 0.3 is 0 Å². The molecular formula is C16H15N. The summed E-state index contributed by atoms with van der Waals surface area (Å²) in [6, 6.07) is 17.5. The van der Waals surface area contributed by atoms with Crippen LogP contribution in [-0.4, -0.2) is 0 Å². The average Bonchev–Trinajstić information content (AvgIpc) is 2.71. The van der Waals surface area contributed by atoms with Crippen molar-refractivity contribution in [2.24, 2.45) is 0 Å². The zero-order valence-corrected chi connectivity index (χ0v) is 9.61. The second-order valence-electron chi connectivity index (χ2n) is 5.05. The van der Waals surface area contributed by atoms with Crippen molar-refractivity contribution in [2.45, 2.75) is 24.9 Å². The monoisotopic (exact) mass is 223 g/mol. The van der Waals surface area contributed by atoms with Crippen molar-refractivity contribution < 1.29 is 1.37 Å². The molecule has 0 spiro atoms. The van der Waals surface area contributed by atoms with E-state index in [-0.39, 0.29) is 5.54 Å². The van der Waals surface area contributed by atoms with Crippen LogP contribution in [0.2, 0.25) is 0 Å². The van der Waals surface area contributed by atoms with Crippen molar-refractivity contribution >= 4 is 0 Å². The summed E-state index contributed by atoms with van der Waals surface area (Å²) in [7, 11) is 0. The standard InChI is InChI=1S/C16H15N/c1-16-13-8-4-2-6-11(13)10-15(17-16)12-7-3-5-9-14(12)16/h2-9,15,17H,10H2,1H3/t15-,16+/m1/s1/i1T. The summed E-state index contributed by atoms with van der Waals surface area (Å²) in [4.78, 5) is 0. The van der Waals surface area contributed by atoms with E-state index < -0.39 is 0 Å². The van der Waals surface area contributed by atoms with E-state index in [0.29, 0.717) is 12.9 Å². The summed E-state index contributed by atoms with van der Waals surface area (Å²) in [5.74, 6) is 0. The van der Waals surface area contributed by atoms with Gasteiger partial charge in [0.2, 0.25) is 0 Å². The summed E-state index contributed by atoms with van der Waals surface area (Å²) >= 11 is 0. The normalized spacial score (nSPS) is 29.4. The van der Waals surface area contributed by atoms with Gasteiger partial charge in [-0.2, -0.15) is 0 Å². The highest BCUT2D eigenvalue weighted by atomic mass is 15.1. The molecule has 1 heteroatoms. The highest BCUT2D eigenvalue weighted by molar-refractivity contribution is 5.54. The Kier molecular flexibility index (Phi) is 1.49. The van der Waals surface area contributed by atoms with Crippen LogP contribution in [0.25, 0.3) is 0 Å². The van der Waals surface area contributed by atoms with Crippen molar-refractivity contribution in [3.63, 3.8) is 0 Å². The first-order chi connectivity index (χ1) is 8.85. The van der Waals surface area contributed by atoms with E-state index in [0.717, 1.165) is 6.42 Å². The van der Waals surface area contributed by atoms with Crippen molar-refractivity contribution in [3.8, 4) is 0 Å². The largest absolute Gasteiger partial charge is 0.297 e. The first kappa shape index (κ1) is 8.48. The molecule has 2 heterocycles. The summed E-state index contributed by atoms with van der Waals surface area (Å²) in [6.45, 7) is 0.359. The maximum Gasteiger partial charge on any atom is 0.0672 e. The Bertz CT molecular complexity index is 609. The molecule has 4 rings (SSSR count). The third-order valence-electron chi connectivity index (χ3n) is 4.12. The van der Waals surface area contributed by atoms with Crippen molar-refractivity contribution in [3.05, 3.63) is 70.8 Å². The van der Waals surface area contributed by atoms with Crippen LogP contribution in [0.4, 0.5) is 0 Å². The summed E-state index contributed by atoms with van der Waals surface area (Å²) < 4.78 is 8.07. The molecular weight excluding hydrogens is 206 g/mol. The number of hydrogen-bond acceptors (Lipinski definition) is 1. The van der Waals surface area contributed by atoms with Crippen molar-refractivity contribution in [1.82, 2.24) is 5.32 Å². The first-order valence-electron chi connectivity index (χ1n) is 6.80. The number of hydrogen-bond donors (Lipinski definition) is 1. The third-order valence-corrected chi connectivity index (χ3v) is 4.12. The predicted molar refractivity (Wildman–Crippen MR) is 68.9 cm³/mol. The Morgan fingerprint density at radius 2 is 1.88 bits per heavy atom. The lowest BCUT2D eigenvalue weighted by atomic mass is 9.82. The van der Waals surface area contributed by atoms with E-state index in [1.54, 1.807) is 0 Å². The maximum atomic E-state index is 8.07. The molecule has 1 nitrogen and oxygen atoms in total. The Labute approximate surface area is 103 Å². The molecule has 0 saturated carbocycles. The van der Waals surface area contributed by atoms with Crippen LogP contribution in [0.3, 0.4) is 0 Å². The fraction of sp³-hybridized carbons (Fsp3) is 0.250. The summed E-state index contributed by atoms with van der Waals surface area (Å²) in [5.41, 5.74) is 5.08. The van der Waals surface area contributed by atoms with Crippen LogP contribution in [0.15, 0.2) is 48.5 Å². The van der Waals surface area contributed by atoms with Gasteiger partial charge in [-0.1, -0.05) is 48.5 Å². The summed E-state index contributed by atoms with van der Waals surface area (Å²) in [6.07, 6.45) is 1.04. The Balaban J connectivity index is 2.05. The molecule has 2 aliphatic rings. The first-order valence-corrected chi connectivity index (χ1v) is 6.10. The van der Waals surface area contributed by atoms with Gasteiger partial charge in [-0.05, 0) is 35.6 Å². The lowest BCUT2D eigenvalue weighted by Gasteiger charge is -2.34. The van der Waals surface area contributed by atoms with Crippen molar-refractivity contribution in [1.29, 1.82) is 0 Å². The third kappa shape index (κ3) is 1.07. The van der Waals surface area contributed by atoms with Gasteiger partial charge in [0.1, 0.15) is 0 Å². The molecule has 0 radical (unpaired) electrons. The molecule has 2 aromatic carbocycles. The molecule has 0 saturated heterocycles. The Morgan fingerprint density at radius 3 is 2.76 bits per heavy atom. The molecule has 2 aromatic rings. The van der Waals surface area contributed by atoms with Gasteiger partial charge in [0, 0.05) is 7.41 Å². The van der Waals surface area contributed by atoms with Crippen LogP contribution in [0, 0.1) is 0 Å². The maximum absolute atomic E-state index is 8.07. The van der Waals surface area contributed by atoms with Gasteiger partial charge in [0.25, 0.3) is 0 Å². The molecule has 2 aliphatic heterocycles. The molecule has 2 atom stereocenters. The minimum absolute atomic E-state index is 0.282. The van der Waals surface area contributed by atoms with E-state index in [1.807, 2.05) is 0 Å². The lowest BCUT2D eigenvalue weighted by Crippen LogP contribution is -2.41. The van der Waals surface area contributed by atoms with E-state index >= 15 is 0 Å². The molecule has 0 fully saturated rings. The highest BCUT2D eigenvalue weighted by Gasteiger charge is 2.45. The van der Waals surface area contributed by atoms with Gasteiger partial charge in [0.05, 0.1) is 5.54 Å². The molecule has 2 bridgehead atoms. The lowest BCUT2D eigenvalue weighted by molar-refractivity contribution is 0.389. The molecule has 0 aromatic heterocycles. The molecule has 1 N–H and O–H groups in total. The minimum atomic E-state index is -0.282. The van der Waals surface area contributed by atoms with Gasteiger partial charge < -0.3 is 0 Å². The molecule has 84 valence electrons. The average molecular weight is 223 g/mol. The fourth-order valence-corrected chi connectivity index (χ4v) is 3.36. The molecule has 17 heavy (non-hydrogen) atoms. The Hall–Kier alpha value is -1.60. The summed E-state index contributed by atoms with van der Waals surface area (Å²) in [5, 5.41) is 3.69. The van der Waals surface area contributed by atoms with Crippen LogP contribution in [0.5, 0.6) is 0 Å². The van der Waals surface area contributed by atoms with Crippen molar-refractivity contribution in [2.75, 3.05) is 0 Å². The van der Waals surface area contributed by atoms with Crippen LogP contribution in [0.1, 0.15) is 36.6 Å². The van der Waals surface area contributed by atoms with E-state index in [9.17, 15) is 0 Å². The van der Waals surface area contributed by atoms with E-state index in [4.69, 9.17) is 1.37 Å². The number of nitrogens with one attached hydrogen (secondary N) is 1. The van der Waals surface area contributed by atoms with Crippen LogP contribution in [-0.2, 0) is 12.0 Å². The number of benzene rings is 2. The number of fused-ring (bicyclic) bond motifs is 7. The SMILES string of the molecule is [3H]C[C@]12N[C@H](Cc3ccccc31)c1ccccc12. The van der Waals surface area contributed by atoms with Gasteiger partial charge in [-0.15, -0.1) is 0 Å². The van der Waals surface area contributed by atoms with E-state index in [2.05, 4.69) is 53.8 Å². The zero-order chi connectivity index (χ0) is 12.2. The van der Waals surface area contributed by atoms with Gasteiger partial charge in [-0.25, -0.2) is 0 Å². The number of rotatable bonds is 0. The molecule has 0 aliphatic carbocycles. The van der Waals surface area contributed by atoms with E-state index in [1.165, 1.54) is 22.3 Å². The predicted octanol–water partition coefficient (Wildman–Crippen LogP) is 3.15. The van der Waals surface area contributed by atoms with Gasteiger partial charge in [0.15, 0.2) is 0 Å². The van der Waals surface area contributed by atoms with Crippen LogP contribution < -0.4 is 5.32 Å².